The summed E-state index contributed by atoms with van der Waals surface area (Å²) in [6.07, 6.45) is 3.27. The first-order valence-corrected chi connectivity index (χ1v) is 5.90. The number of hydrogen-bond acceptors (Lipinski definition) is 3. The number of hydrogen-bond donors (Lipinski definition) is 1. The number of aromatic nitrogens is 2. The third-order valence-electron chi connectivity index (χ3n) is 3.17. The Kier molecular flexibility index (Phi) is 3.04. The molecule has 0 unspecified atom stereocenters. The van der Waals surface area contributed by atoms with Gasteiger partial charge in [-0.25, -0.2) is 0 Å². The summed E-state index contributed by atoms with van der Waals surface area (Å²) in [5.74, 6) is 0.211. The van der Waals surface area contributed by atoms with E-state index >= 15 is 0 Å². The lowest BCUT2D eigenvalue weighted by Crippen LogP contribution is -2.34. The van der Waals surface area contributed by atoms with Crippen LogP contribution in [-0.2, 0) is 16.9 Å². The molecule has 0 aromatic carbocycles. The van der Waals surface area contributed by atoms with E-state index in [0.29, 0.717) is 42.9 Å². The molecule has 0 radical (unpaired) electrons. The molecule has 1 saturated carbocycles. The molecule has 4 nitrogen and oxygen atoms in total. The van der Waals surface area contributed by atoms with Crippen LogP contribution in [0.4, 0.5) is 0 Å². The SMILES string of the molecule is CCn1ncc(Cl)c1C1(O)CCC(=O)CC1. The molecule has 1 aliphatic carbocycles. The third kappa shape index (κ3) is 1.87. The predicted molar refractivity (Wildman–Crippen MR) is 60.3 cm³/mol. The molecule has 0 bridgehead atoms. The van der Waals surface area contributed by atoms with Crippen molar-refractivity contribution in [2.45, 2.75) is 44.8 Å². The van der Waals surface area contributed by atoms with Crippen molar-refractivity contribution in [2.24, 2.45) is 0 Å². The van der Waals surface area contributed by atoms with E-state index in [4.69, 9.17) is 11.6 Å². The average molecular weight is 243 g/mol. The smallest absolute Gasteiger partial charge is 0.133 e. The zero-order valence-corrected chi connectivity index (χ0v) is 10.00. The van der Waals surface area contributed by atoms with Gasteiger partial charge in [-0.05, 0) is 19.8 Å². The van der Waals surface area contributed by atoms with Gasteiger partial charge in [-0.1, -0.05) is 11.6 Å². The summed E-state index contributed by atoms with van der Waals surface area (Å²) < 4.78 is 1.71. The van der Waals surface area contributed by atoms with Crippen molar-refractivity contribution in [1.29, 1.82) is 0 Å². The van der Waals surface area contributed by atoms with Crippen LogP contribution >= 0.6 is 11.6 Å². The number of halogens is 1. The summed E-state index contributed by atoms with van der Waals surface area (Å²) in [6, 6.07) is 0. The lowest BCUT2D eigenvalue weighted by molar-refractivity contribution is -0.126. The highest BCUT2D eigenvalue weighted by Crippen LogP contribution is 2.38. The van der Waals surface area contributed by atoms with Gasteiger partial charge in [-0.2, -0.15) is 5.10 Å². The van der Waals surface area contributed by atoms with Gasteiger partial charge in [0.25, 0.3) is 0 Å². The lowest BCUT2D eigenvalue weighted by atomic mass is 9.82. The van der Waals surface area contributed by atoms with Crippen LogP contribution in [-0.4, -0.2) is 20.7 Å². The van der Waals surface area contributed by atoms with Crippen LogP contribution < -0.4 is 0 Å². The number of nitrogens with zero attached hydrogens (tertiary/aromatic N) is 2. The van der Waals surface area contributed by atoms with Gasteiger partial charge in [0.15, 0.2) is 0 Å². The van der Waals surface area contributed by atoms with Gasteiger partial charge in [-0.3, -0.25) is 9.48 Å². The van der Waals surface area contributed by atoms with Gasteiger partial charge < -0.3 is 5.11 Å². The van der Waals surface area contributed by atoms with E-state index in [1.54, 1.807) is 10.9 Å². The Morgan fingerprint density at radius 1 is 1.56 bits per heavy atom. The second-order valence-electron chi connectivity index (χ2n) is 4.23. The van der Waals surface area contributed by atoms with Crippen molar-refractivity contribution in [3.05, 3.63) is 16.9 Å². The molecule has 16 heavy (non-hydrogen) atoms. The number of ketones is 1. The summed E-state index contributed by atoms with van der Waals surface area (Å²) >= 11 is 6.05. The van der Waals surface area contributed by atoms with Crippen LogP contribution in [0.1, 0.15) is 38.3 Å². The number of Topliss-reactive ketones (excluding diaryl/α,β-unsaturated/α-hetero) is 1. The van der Waals surface area contributed by atoms with E-state index in [0.717, 1.165) is 0 Å². The number of aliphatic hydroxyl groups is 1. The highest BCUT2D eigenvalue weighted by molar-refractivity contribution is 6.31. The molecule has 0 amide bonds. The van der Waals surface area contributed by atoms with Gasteiger partial charge in [0.05, 0.1) is 16.9 Å². The summed E-state index contributed by atoms with van der Waals surface area (Å²) in [7, 11) is 0. The van der Waals surface area contributed by atoms with Crippen LogP contribution in [0.15, 0.2) is 6.20 Å². The van der Waals surface area contributed by atoms with Crippen molar-refractivity contribution in [3.63, 3.8) is 0 Å². The zero-order valence-electron chi connectivity index (χ0n) is 9.24. The molecule has 1 aromatic heterocycles. The molecule has 0 spiro atoms. The van der Waals surface area contributed by atoms with Crippen molar-refractivity contribution in [3.8, 4) is 0 Å². The van der Waals surface area contributed by atoms with Gasteiger partial charge in [-0.15, -0.1) is 0 Å². The molecule has 1 heterocycles. The minimum Gasteiger partial charge on any atom is -0.383 e. The van der Waals surface area contributed by atoms with Crippen LogP contribution in [0.2, 0.25) is 5.02 Å². The minimum atomic E-state index is -0.989. The number of aryl methyl sites for hydroxylation is 1. The molecular weight excluding hydrogens is 228 g/mol. The summed E-state index contributed by atoms with van der Waals surface area (Å²) in [6.45, 7) is 2.61. The van der Waals surface area contributed by atoms with Crippen molar-refractivity contribution >= 4 is 17.4 Å². The Hall–Kier alpha value is -0.870. The highest BCUT2D eigenvalue weighted by atomic mass is 35.5. The minimum absolute atomic E-state index is 0.211. The monoisotopic (exact) mass is 242 g/mol. The maximum Gasteiger partial charge on any atom is 0.133 e. The summed E-state index contributed by atoms with van der Waals surface area (Å²) in [5, 5.41) is 15.1. The molecule has 1 N–H and O–H groups in total. The standard InChI is InChI=1S/C11H15ClN2O2/c1-2-14-10(9(12)7-13-14)11(16)5-3-8(15)4-6-11/h7,16H,2-6H2,1H3. The Balaban J connectivity index is 2.35. The van der Waals surface area contributed by atoms with E-state index < -0.39 is 5.60 Å². The number of carbonyl (C=O) groups is 1. The topological polar surface area (TPSA) is 55.1 Å². The third-order valence-corrected chi connectivity index (χ3v) is 3.45. The maximum absolute atomic E-state index is 11.2. The average Bonchev–Trinajstić information content (AvgIpc) is 2.65. The van der Waals surface area contributed by atoms with Crippen LogP contribution in [0, 0.1) is 0 Å². The lowest BCUT2D eigenvalue weighted by Gasteiger charge is -2.32. The second kappa shape index (κ2) is 4.18. The molecule has 0 atom stereocenters. The fraction of sp³-hybridized carbons (Fsp3) is 0.636. The molecule has 2 rings (SSSR count). The maximum atomic E-state index is 11.2. The van der Waals surface area contributed by atoms with Gasteiger partial charge in [0.2, 0.25) is 0 Å². The fourth-order valence-electron chi connectivity index (χ4n) is 2.24. The second-order valence-corrected chi connectivity index (χ2v) is 4.63. The highest BCUT2D eigenvalue weighted by Gasteiger charge is 2.38. The number of rotatable bonds is 2. The predicted octanol–water partition coefficient (Wildman–Crippen LogP) is 1.89. The molecule has 5 heteroatoms. The van der Waals surface area contributed by atoms with Gasteiger partial charge in [0.1, 0.15) is 11.4 Å². The fourth-order valence-corrected chi connectivity index (χ4v) is 2.56. The summed E-state index contributed by atoms with van der Waals surface area (Å²) in [4.78, 5) is 11.2. The van der Waals surface area contributed by atoms with Gasteiger partial charge >= 0.3 is 0 Å². The zero-order chi connectivity index (χ0) is 11.8. The Morgan fingerprint density at radius 2 is 2.19 bits per heavy atom. The van der Waals surface area contributed by atoms with E-state index in [1.165, 1.54) is 0 Å². The van der Waals surface area contributed by atoms with E-state index in [2.05, 4.69) is 5.10 Å². The molecule has 1 aliphatic rings. The molecule has 0 aliphatic heterocycles. The molecule has 0 saturated heterocycles. The van der Waals surface area contributed by atoms with Crippen molar-refractivity contribution < 1.29 is 9.90 Å². The van der Waals surface area contributed by atoms with E-state index in [1.807, 2.05) is 6.92 Å². The summed E-state index contributed by atoms with van der Waals surface area (Å²) in [5.41, 5.74) is -0.332. The Morgan fingerprint density at radius 3 is 2.75 bits per heavy atom. The molecule has 1 aromatic rings. The largest absolute Gasteiger partial charge is 0.383 e. The normalized spacial score (nSPS) is 20.1. The van der Waals surface area contributed by atoms with Gasteiger partial charge in [0, 0.05) is 19.4 Å². The quantitative estimate of drug-likeness (QED) is 0.862. The molecule has 88 valence electrons. The first kappa shape index (κ1) is 11.6. The molecular formula is C11H15ClN2O2. The Bertz CT molecular complexity index is 404. The first-order valence-electron chi connectivity index (χ1n) is 5.52. The van der Waals surface area contributed by atoms with E-state index in [-0.39, 0.29) is 5.78 Å². The van der Waals surface area contributed by atoms with Crippen LogP contribution in [0.25, 0.3) is 0 Å². The molecule has 1 fully saturated rings. The van der Waals surface area contributed by atoms with Crippen molar-refractivity contribution in [1.82, 2.24) is 9.78 Å². The van der Waals surface area contributed by atoms with E-state index in [9.17, 15) is 9.90 Å². The van der Waals surface area contributed by atoms with Crippen LogP contribution in [0.3, 0.4) is 0 Å². The van der Waals surface area contributed by atoms with Crippen LogP contribution in [0.5, 0.6) is 0 Å². The van der Waals surface area contributed by atoms with Crippen molar-refractivity contribution in [2.75, 3.05) is 0 Å². The first-order chi connectivity index (χ1) is 7.57. The number of carbonyl (C=O) groups excluding carboxylic acids is 1. The Labute approximate surface area is 99.2 Å².